The molecule has 2 heterocycles. The first-order chi connectivity index (χ1) is 24.4. The van der Waals surface area contributed by atoms with Crippen LogP contribution in [-0.2, 0) is 16.4 Å². The molecular weight excluding hydrogens is 667 g/mol. The zero-order valence-corrected chi connectivity index (χ0v) is 30.0. The normalized spacial score (nSPS) is 19.7. The molecule has 3 aliphatic rings. The number of aryl methyl sites for hydroxylation is 2. The Morgan fingerprint density at radius 1 is 0.745 bits per heavy atom. The van der Waals surface area contributed by atoms with Crippen LogP contribution in [0.2, 0.25) is 0 Å². The molecule has 10 heteroatoms. The van der Waals surface area contributed by atoms with E-state index in [4.69, 9.17) is 18.9 Å². The molecule has 5 aromatic rings. The number of benzene rings is 5. The Morgan fingerprint density at radius 3 is 2.22 bits per heavy atom. The van der Waals surface area contributed by atoms with Gasteiger partial charge in [-0.15, -0.1) is 0 Å². The third kappa shape index (κ3) is 6.52. The van der Waals surface area contributed by atoms with Crippen LogP contribution in [0, 0.1) is 13.8 Å². The van der Waals surface area contributed by atoms with Crippen LogP contribution in [-0.4, -0.2) is 32.5 Å². The predicted octanol–water partition coefficient (Wildman–Crippen LogP) is 8.62. The second-order valence-electron chi connectivity index (χ2n) is 13.4. The van der Waals surface area contributed by atoms with E-state index < -0.39 is 10.0 Å². The Bertz CT molecular complexity index is 2220. The maximum atomic E-state index is 12.8. The Kier molecular flexibility index (Phi) is 8.97. The Labute approximate surface area is 298 Å². The van der Waals surface area contributed by atoms with Gasteiger partial charge >= 0.3 is 0 Å². The van der Waals surface area contributed by atoms with Crippen LogP contribution >= 0.6 is 0 Å². The van der Waals surface area contributed by atoms with Crippen molar-refractivity contribution in [1.29, 1.82) is 0 Å². The highest BCUT2D eigenvalue weighted by molar-refractivity contribution is 7.92. The second kappa shape index (κ2) is 13.4. The fourth-order valence-electron chi connectivity index (χ4n) is 7.24. The minimum Gasteiger partial charge on any atom is -0.504 e. The lowest BCUT2D eigenvalue weighted by atomic mass is 9.87. The first kappa shape index (κ1) is 34.1. The monoisotopic (exact) mass is 707 g/mol. The van der Waals surface area contributed by atoms with Crippen LogP contribution in [0.5, 0.6) is 34.5 Å². The van der Waals surface area contributed by atoms with Gasteiger partial charge < -0.3 is 29.2 Å². The molecule has 0 spiro atoms. The van der Waals surface area contributed by atoms with Gasteiger partial charge in [0.05, 0.1) is 17.7 Å². The summed E-state index contributed by atoms with van der Waals surface area (Å²) in [7, 11) is -2.26. The average Bonchev–Trinajstić information content (AvgIpc) is 3.81. The smallest absolute Gasteiger partial charge is 0.262 e. The zero-order chi connectivity index (χ0) is 36.0. The maximum absolute atomic E-state index is 12.8. The van der Waals surface area contributed by atoms with E-state index in [1.54, 1.807) is 54.6 Å². The molecule has 0 unspecified atom stereocenters. The minimum absolute atomic E-state index is 0.0127. The van der Waals surface area contributed by atoms with Crippen LogP contribution in [0.4, 0.5) is 5.69 Å². The fraction of sp³-hybridized carbons (Fsp3) is 0.268. The number of aromatic hydroxyl groups is 2. The van der Waals surface area contributed by atoms with Gasteiger partial charge in [-0.3, -0.25) is 4.72 Å². The molecule has 0 fully saturated rings. The summed E-state index contributed by atoms with van der Waals surface area (Å²) in [6, 6.07) is 27.3. The van der Waals surface area contributed by atoms with Crippen LogP contribution < -0.4 is 23.7 Å². The largest absolute Gasteiger partial charge is 0.504 e. The number of rotatable bonds is 6. The molecule has 8 rings (SSSR count). The van der Waals surface area contributed by atoms with Crippen molar-refractivity contribution in [2.75, 3.05) is 18.6 Å². The first-order valence-corrected chi connectivity index (χ1v) is 18.4. The summed E-state index contributed by atoms with van der Waals surface area (Å²) in [5, 5.41) is 19.2. The van der Waals surface area contributed by atoms with Gasteiger partial charge in [-0.1, -0.05) is 56.3 Å². The van der Waals surface area contributed by atoms with Crippen LogP contribution in [0.15, 0.2) is 95.9 Å². The van der Waals surface area contributed by atoms with E-state index in [1.807, 2.05) is 31.2 Å². The Balaban J connectivity index is 0.000000175. The first-order valence-electron chi connectivity index (χ1n) is 16.9. The van der Waals surface area contributed by atoms with Gasteiger partial charge in [0.2, 0.25) is 6.79 Å². The number of hydrogen-bond acceptors (Lipinski definition) is 8. The number of hydrogen-bond donors (Lipinski definition) is 3. The molecule has 2 aliphatic heterocycles. The van der Waals surface area contributed by atoms with Crippen molar-refractivity contribution in [3.8, 4) is 34.5 Å². The van der Waals surface area contributed by atoms with Gasteiger partial charge in [0.15, 0.2) is 23.0 Å². The molecule has 9 nitrogen and oxygen atoms in total. The summed E-state index contributed by atoms with van der Waals surface area (Å²) in [5.74, 6) is 3.17. The van der Waals surface area contributed by atoms with E-state index >= 15 is 0 Å². The van der Waals surface area contributed by atoms with E-state index in [9.17, 15) is 18.6 Å². The minimum atomic E-state index is -3.75. The fourth-order valence-corrected chi connectivity index (χ4v) is 8.33. The van der Waals surface area contributed by atoms with Crippen LogP contribution in [0.3, 0.4) is 0 Å². The molecular formula is C41H41NO8S. The number of methoxy groups -OCH3 is 1. The van der Waals surface area contributed by atoms with Gasteiger partial charge in [-0.25, -0.2) is 8.42 Å². The van der Waals surface area contributed by atoms with Gasteiger partial charge in [-0.05, 0) is 108 Å². The standard InChI is InChI=1S/C23H21NO6S.C18H20O2/c1-14-17-11-18(24-31(25,26)16-6-4-3-5-7-16)21(27-2)12-20(17)30-23(14)15-8-9-19-22(10-15)29-13-28-19;1-10-6-14-8-16(12(3)15(14)7-11(10)2)13-4-5-17(19)18(20)9-13/h3-12,14,23-24H,13H2,1-2H3;4-7,9,12,16,19-20H,8H2,1-3H3/t14-,23-;12-,16-/m00/s1. The third-order valence-corrected chi connectivity index (χ3v) is 11.7. The molecule has 3 N–H and O–H groups in total. The van der Waals surface area contributed by atoms with Crippen molar-refractivity contribution in [2.24, 2.45) is 0 Å². The third-order valence-electron chi connectivity index (χ3n) is 10.3. The Morgan fingerprint density at radius 2 is 1.47 bits per heavy atom. The molecule has 5 aromatic carbocycles. The molecule has 0 saturated carbocycles. The SMILES string of the molecule is COc1cc2c(cc1NS(=O)(=O)c1ccccc1)[C@H](C)[C@@H](c1ccc3c(c1)OCO3)O2.Cc1cc2c(cc1C)[C@H](C)[C@@H](c1ccc(O)c(O)c1)C2. The van der Waals surface area contributed by atoms with Crippen molar-refractivity contribution >= 4 is 15.7 Å². The molecule has 1 aliphatic carbocycles. The van der Waals surface area contributed by atoms with E-state index in [2.05, 4.69) is 37.6 Å². The lowest BCUT2D eigenvalue weighted by Crippen LogP contribution is -2.13. The maximum Gasteiger partial charge on any atom is 0.262 e. The lowest BCUT2D eigenvalue weighted by Gasteiger charge is -2.17. The van der Waals surface area contributed by atoms with Crippen molar-refractivity contribution in [3.05, 3.63) is 130 Å². The highest BCUT2D eigenvalue weighted by atomic mass is 32.2. The lowest BCUT2D eigenvalue weighted by molar-refractivity contribution is 0.173. The molecule has 51 heavy (non-hydrogen) atoms. The highest BCUT2D eigenvalue weighted by Gasteiger charge is 2.35. The van der Waals surface area contributed by atoms with E-state index in [-0.39, 0.29) is 35.2 Å². The number of phenolic OH excluding ortho intramolecular Hbond substituents is 2. The summed E-state index contributed by atoms with van der Waals surface area (Å²) in [5.41, 5.74) is 8.83. The molecule has 0 aromatic heterocycles. The second-order valence-corrected chi connectivity index (χ2v) is 15.1. The molecule has 0 radical (unpaired) electrons. The zero-order valence-electron chi connectivity index (χ0n) is 29.1. The van der Waals surface area contributed by atoms with Crippen molar-refractivity contribution in [1.82, 2.24) is 0 Å². The summed E-state index contributed by atoms with van der Waals surface area (Å²) in [6.45, 7) is 8.81. The Hall–Kier alpha value is -5.35. The van der Waals surface area contributed by atoms with Crippen LogP contribution in [0.25, 0.3) is 0 Å². The number of fused-ring (bicyclic) bond motifs is 3. The summed E-state index contributed by atoms with van der Waals surface area (Å²) in [6.07, 6.45) is 0.761. The van der Waals surface area contributed by atoms with Crippen molar-refractivity contribution in [3.63, 3.8) is 0 Å². The average molecular weight is 708 g/mol. The van der Waals surface area contributed by atoms with E-state index in [1.165, 1.54) is 29.4 Å². The summed E-state index contributed by atoms with van der Waals surface area (Å²) < 4.78 is 50.8. The van der Waals surface area contributed by atoms with Crippen LogP contribution in [0.1, 0.15) is 76.6 Å². The van der Waals surface area contributed by atoms with E-state index in [0.717, 1.165) is 23.1 Å². The summed E-state index contributed by atoms with van der Waals surface area (Å²) >= 11 is 0. The number of sulfonamides is 1. The van der Waals surface area contributed by atoms with E-state index in [0.29, 0.717) is 40.5 Å². The number of nitrogens with one attached hydrogen (secondary N) is 1. The molecule has 4 atom stereocenters. The van der Waals surface area contributed by atoms with Gasteiger partial charge in [0, 0.05) is 17.5 Å². The quantitative estimate of drug-likeness (QED) is 0.150. The van der Waals surface area contributed by atoms with Crippen molar-refractivity contribution < 1.29 is 37.6 Å². The molecule has 264 valence electrons. The summed E-state index contributed by atoms with van der Waals surface area (Å²) in [4.78, 5) is 0.181. The predicted molar refractivity (Wildman–Crippen MR) is 195 cm³/mol. The van der Waals surface area contributed by atoms with Gasteiger partial charge in [-0.2, -0.15) is 0 Å². The topological polar surface area (TPSA) is 124 Å². The number of phenols is 2. The number of anilines is 1. The molecule has 0 saturated heterocycles. The molecule has 0 bridgehead atoms. The van der Waals surface area contributed by atoms with Gasteiger partial charge in [0.1, 0.15) is 17.6 Å². The number of ether oxygens (including phenoxy) is 4. The van der Waals surface area contributed by atoms with Crippen molar-refractivity contribution in [2.45, 2.75) is 62.9 Å². The molecule has 0 amide bonds. The highest BCUT2D eigenvalue weighted by Crippen LogP contribution is 2.51. The van der Waals surface area contributed by atoms with Gasteiger partial charge in [0.25, 0.3) is 10.0 Å².